The zero-order valence-electron chi connectivity index (χ0n) is 11.6. The van der Waals surface area contributed by atoms with Gasteiger partial charge < -0.3 is 19.4 Å². The van der Waals surface area contributed by atoms with E-state index in [0.29, 0.717) is 17.0 Å². The fraction of sp³-hybridized carbons (Fsp3) is 0.333. The monoisotopic (exact) mass is 293 g/mol. The zero-order chi connectivity index (χ0) is 14.7. The Hall–Kier alpha value is -1.51. The van der Waals surface area contributed by atoms with Crippen LogP contribution in [-0.2, 0) is 12.8 Å². The molecule has 8 heteroatoms. The van der Waals surface area contributed by atoms with Gasteiger partial charge >= 0.3 is 7.12 Å². The molecule has 0 spiro atoms. The molecule has 0 saturated heterocycles. The minimum absolute atomic E-state index is 0.470. The van der Waals surface area contributed by atoms with Crippen molar-refractivity contribution in [2.75, 3.05) is 7.11 Å². The maximum absolute atomic E-state index is 9.40. The molecule has 1 heterocycles. The van der Waals surface area contributed by atoms with E-state index in [0.717, 1.165) is 16.5 Å². The summed E-state index contributed by atoms with van der Waals surface area (Å²) >= 11 is 1.48. The number of rotatable bonds is 5. The second kappa shape index (κ2) is 6.30. The summed E-state index contributed by atoms with van der Waals surface area (Å²) in [5.74, 6) is 2.07. The molecule has 0 aliphatic heterocycles. The van der Waals surface area contributed by atoms with Gasteiger partial charge in [-0.1, -0.05) is 17.8 Å². The minimum atomic E-state index is -1.50. The van der Waals surface area contributed by atoms with Crippen molar-refractivity contribution in [3.8, 4) is 5.75 Å². The second-order valence-corrected chi connectivity index (χ2v) is 5.26. The average molecular weight is 293 g/mol. The highest BCUT2D eigenvalue weighted by molar-refractivity contribution is 7.98. The third-order valence-corrected chi connectivity index (χ3v) is 4.11. The Labute approximate surface area is 121 Å². The molecule has 0 unspecified atom stereocenters. The van der Waals surface area contributed by atoms with Gasteiger partial charge in [0, 0.05) is 12.8 Å². The predicted molar refractivity (Wildman–Crippen MR) is 78.1 cm³/mol. The van der Waals surface area contributed by atoms with E-state index in [9.17, 15) is 10.0 Å². The maximum atomic E-state index is 9.40. The number of methoxy groups -OCH3 is 1. The molecule has 106 valence electrons. The lowest BCUT2D eigenvalue weighted by Gasteiger charge is -2.10. The Bertz CT molecular complexity index is 604. The highest BCUT2D eigenvalue weighted by Gasteiger charge is 2.17. The maximum Gasteiger partial charge on any atom is 0.488 e. The molecular formula is C12H16BN3O3S. The van der Waals surface area contributed by atoms with Gasteiger partial charge in [-0.25, -0.2) is 0 Å². The number of thioether (sulfide) groups is 1. The third-order valence-electron chi connectivity index (χ3n) is 3.04. The topological polar surface area (TPSA) is 80.4 Å². The zero-order valence-corrected chi connectivity index (χ0v) is 12.4. The van der Waals surface area contributed by atoms with Crippen molar-refractivity contribution in [1.29, 1.82) is 0 Å². The molecular weight excluding hydrogens is 277 g/mol. The Balaban J connectivity index is 2.21. The van der Waals surface area contributed by atoms with Crippen molar-refractivity contribution >= 4 is 24.3 Å². The van der Waals surface area contributed by atoms with Crippen LogP contribution in [0.5, 0.6) is 5.75 Å². The van der Waals surface area contributed by atoms with Crippen LogP contribution in [0, 0.1) is 6.92 Å². The number of ether oxygens (including phenoxy) is 1. The Morgan fingerprint density at radius 3 is 2.65 bits per heavy atom. The van der Waals surface area contributed by atoms with Crippen molar-refractivity contribution in [1.82, 2.24) is 14.8 Å². The molecule has 0 radical (unpaired) electrons. The van der Waals surface area contributed by atoms with Gasteiger partial charge in [0.05, 0.1) is 7.11 Å². The molecule has 20 heavy (non-hydrogen) atoms. The van der Waals surface area contributed by atoms with E-state index >= 15 is 0 Å². The molecule has 2 aromatic rings. The molecule has 1 aromatic carbocycles. The molecule has 0 amide bonds. The molecule has 0 bridgehead atoms. The van der Waals surface area contributed by atoms with Crippen LogP contribution in [0.4, 0.5) is 0 Å². The largest absolute Gasteiger partial charge is 0.497 e. The lowest BCUT2D eigenvalue weighted by Crippen LogP contribution is -2.32. The SMILES string of the molecule is COc1ccc(B(O)O)c(CSc2nnc(C)n2C)c1. The highest BCUT2D eigenvalue weighted by Crippen LogP contribution is 2.22. The Morgan fingerprint density at radius 1 is 1.35 bits per heavy atom. The number of benzene rings is 1. The normalized spacial score (nSPS) is 10.7. The van der Waals surface area contributed by atoms with Crippen molar-refractivity contribution in [2.45, 2.75) is 17.8 Å². The van der Waals surface area contributed by atoms with Gasteiger partial charge in [0.15, 0.2) is 5.16 Å². The van der Waals surface area contributed by atoms with Gasteiger partial charge in [-0.3, -0.25) is 0 Å². The lowest BCUT2D eigenvalue weighted by molar-refractivity contribution is 0.413. The molecule has 2 rings (SSSR count). The summed E-state index contributed by atoms with van der Waals surface area (Å²) in [6.45, 7) is 1.88. The predicted octanol–water partition coefficient (Wildman–Crippen LogP) is 0.104. The van der Waals surface area contributed by atoms with Crippen molar-refractivity contribution in [2.24, 2.45) is 7.05 Å². The molecule has 0 saturated carbocycles. The number of aromatic nitrogens is 3. The van der Waals surface area contributed by atoms with Crippen LogP contribution in [0.25, 0.3) is 0 Å². The van der Waals surface area contributed by atoms with E-state index in [1.165, 1.54) is 11.8 Å². The van der Waals surface area contributed by atoms with Crippen LogP contribution < -0.4 is 10.2 Å². The standard InChI is InChI=1S/C12H16BN3O3S/c1-8-14-15-12(16(8)2)20-7-9-6-10(19-3)4-5-11(9)13(17)18/h4-6,17-18H,7H2,1-3H3. The summed E-state index contributed by atoms with van der Waals surface area (Å²) in [4.78, 5) is 0. The van der Waals surface area contributed by atoms with E-state index in [2.05, 4.69) is 10.2 Å². The molecule has 1 aromatic heterocycles. The third kappa shape index (κ3) is 3.14. The van der Waals surface area contributed by atoms with Gasteiger partial charge in [-0.05, 0) is 30.1 Å². The van der Waals surface area contributed by atoms with E-state index in [4.69, 9.17) is 4.74 Å². The first kappa shape index (κ1) is 14.9. The van der Waals surface area contributed by atoms with Crippen LogP contribution in [-0.4, -0.2) is 39.0 Å². The highest BCUT2D eigenvalue weighted by atomic mass is 32.2. The number of aryl methyl sites for hydroxylation is 1. The number of nitrogens with zero attached hydrogens (tertiary/aromatic N) is 3. The minimum Gasteiger partial charge on any atom is -0.497 e. The van der Waals surface area contributed by atoms with Gasteiger partial charge in [-0.15, -0.1) is 10.2 Å². The molecule has 0 aliphatic carbocycles. The molecule has 2 N–H and O–H groups in total. The first-order valence-corrected chi connectivity index (χ1v) is 7.03. The summed E-state index contributed by atoms with van der Waals surface area (Å²) in [5, 5.41) is 27.6. The van der Waals surface area contributed by atoms with Crippen molar-refractivity contribution in [3.63, 3.8) is 0 Å². The quantitative estimate of drug-likeness (QED) is 0.601. The fourth-order valence-corrected chi connectivity index (χ4v) is 2.70. The van der Waals surface area contributed by atoms with Crippen LogP contribution >= 0.6 is 11.8 Å². The van der Waals surface area contributed by atoms with Crippen LogP contribution in [0.3, 0.4) is 0 Å². The summed E-state index contributed by atoms with van der Waals surface area (Å²) in [6.07, 6.45) is 0. The molecule has 6 nitrogen and oxygen atoms in total. The van der Waals surface area contributed by atoms with Gasteiger partial charge in [-0.2, -0.15) is 0 Å². The summed E-state index contributed by atoms with van der Waals surface area (Å²) < 4.78 is 7.05. The summed E-state index contributed by atoms with van der Waals surface area (Å²) in [5.41, 5.74) is 1.27. The number of hydrogen-bond acceptors (Lipinski definition) is 6. The molecule has 0 atom stereocenters. The summed E-state index contributed by atoms with van der Waals surface area (Å²) in [7, 11) is 1.97. The Morgan fingerprint density at radius 2 is 2.10 bits per heavy atom. The van der Waals surface area contributed by atoms with Gasteiger partial charge in [0.2, 0.25) is 0 Å². The molecule has 0 aliphatic rings. The van der Waals surface area contributed by atoms with Crippen LogP contribution in [0.1, 0.15) is 11.4 Å². The van der Waals surface area contributed by atoms with Crippen LogP contribution in [0.15, 0.2) is 23.4 Å². The van der Waals surface area contributed by atoms with E-state index in [-0.39, 0.29) is 0 Å². The average Bonchev–Trinajstić information content (AvgIpc) is 2.76. The van der Waals surface area contributed by atoms with E-state index < -0.39 is 7.12 Å². The smallest absolute Gasteiger partial charge is 0.488 e. The van der Waals surface area contributed by atoms with E-state index in [1.54, 1.807) is 25.3 Å². The molecule has 0 fully saturated rings. The first-order chi connectivity index (χ1) is 9.52. The van der Waals surface area contributed by atoms with Gasteiger partial charge in [0.1, 0.15) is 11.6 Å². The van der Waals surface area contributed by atoms with Gasteiger partial charge in [0.25, 0.3) is 0 Å². The Kier molecular flexibility index (Phi) is 4.69. The first-order valence-electron chi connectivity index (χ1n) is 6.04. The number of hydrogen-bond donors (Lipinski definition) is 2. The lowest BCUT2D eigenvalue weighted by atomic mass is 9.77. The van der Waals surface area contributed by atoms with Crippen molar-refractivity contribution < 1.29 is 14.8 Å². The summed E-state index contributed by atoms with van der Waals surface area (Å²) in [6, 6.07) is 5.15. The fourth-order valence-electron chi connectivity index (χ4n) is 1.74. The van der Waals surface area contributed by atoms with Crippen LogP contribution in [0.2, 0.25) is 0 Å². The van der Waals surface area contributed by atoms with E-state index in [1.807, 2.05) is 18.5 Å². The van der Waals surface area contributed by atoms with Crippen molar-refractivity contribution in [3.05, 3.63) is 29.6 Å². The second-order valence-electron chi connectivity index (χ2n) is 4.32.